The van der Waals surface area contributed by atoms with Crippen molar-refractivity contribution in [3.63, 3.8) is 0 Å². The molecule has 0 aliphatic carbocycles. The molecule has 288 valence electrons. The third-order valence-electron chi connectivity index (χ3n) is 9.58. The number of aromatic carboxylic acids is 3. The fourth-order valence-corrected chi connectivity index (χ4v) is 6.53. The van der Waals surface area contributed by atoms with Crippen molar-refractivity contribution in [1.82, 2.24) is 44.6 Å². The van der Waals surface area contributed by atoms with Crippen LogP contribution in [0.5, 0.6) is 0 Å². The molecule has 15 heteroatoms. The maximum Gasteiger partial charge on any atom is 0.354 e. The minimum Gasteiger partial charge on any atom is -0.477 e. The van der Waals surface area contributed by atoms with Crippen LogP contribution in [0, 0.1) is 0 Å². The Kier molecular flexibility index (Phi) is 12.0. The zero-order chi connectivity index (χ0) is 39.7. The van der Waals surface area contributed by atoms with Crippen LogP contribution < -0.4 is 0 Å². The largest absolute Gasteiger partial charge is 0.477 e. The zero-order valence-corrected chi connectivity index (χ0v) is 30.8. The van der Waals surface area contributed by atoms with E-state index < -0.39 is 17.9 Å². The summed E-state index contributed by atoms with van der Waals surface area (Å²) in [5.41, 5.74) is 6.23. The van der Waals surface area contributed by atoms with Crippen molar-refractivity contribution in [1.29, 1.82) is 0 Å². The van der Waals surface area contributed by atoms with E-state index in [1.807, 2.05) is 55.0 Å². The van der Waals surface area contributed by atoms with Crippen LogP contribution in [0.2, 0.25) is 0 Å². The van der Waals surface area contributed by atoms with E-state index in [0.29, 0.717) is 53.8 Å². The number of carboxylic acid groups (broad SMARTS) is 3. The summed E-state index contributed by atoms with van der Waals surface area (Å²) in [7, 11) is 0. The minimum atomic E-state index is -1.09. The van der Waals surface area contributed by atoms with Crippen LogP contribution in [-0.4, -0.2) is 117 Å². The molecule has 0 amide bonds. The van der Waals surface area contributed by atoms with Gasteiger partial charge >= 0.3 is 17.9 Å². The molecule has 0 saturated carbocycles. The molecular weight excluding hydrogens is 727 g/mol. The molecule has 0 unspecified atom stereocenters. The number of hydrogen-bond acceptors (Lipinski definition) is 12. The normalized spacial score (nSPS) is 14.3. The first kappa shape index (κ1) is 38.5. The molecule has 1 aliphatic heterocycles. The van der Waals surface area contributed by atoms with Gasteiger partial charge in [0.05, 0.1) is 34.2 Å². The highest BCUT2D eigenvalue weighted by atomic mass is 16.4. The van der Waals surface area contributed by atoms with E-state index in [1.165, 1.54) is 18.2 Å². The maximum absolute atomic E-state index is 11.4. The molecular formula is C42H39N9O6. The van der Waals surface area contributed by atoms with Gasteiger partial charge in [-0.2, -0.15) is 0 Å². The summed E-state index contributed by atoms with van der Waals surface area (Å²) in [6.45, 7) is 6.78. The van der Waals surface area contributed by atoms with Gasteiger partial charge in [0, 0.05) is 77.5 Å². The van der Waals surface area contributed by atoms with Crippen molar-refractivity contribution in [2.75, 3.05) is 39.3 Å². The fraction of sp³-hybridized carbons (Fsp3) is 0.214. The van der Waals surface area contributed by atoms with E-state index in [1.54, 1.807) is 36.4 Å². The molecule has 0 atom stereocenters. The van der Waals surface area contributed by atoms with Gasteiger partial charge in [-0.15, -0.1) is 0 Å². The molecule has 3 N–H and O–H groups in total. The predicted octanol–water partition coefficient (Wildman–Crippen LogP) is 4.97. The van der Waals surface area contributed by atoms with E-state index >= 15 is 0 Å². The fourth-order valence-electron chi connectivity index (χ4n) is 6.53. The van der Waals surface area contributed by atoms with Crippen molar-refractivity contribution in [2.45, 2.75) is 19.6 Å². The van der Waals surface area contributed by atoms with Gasteiger partial charge in [0.25, 0.3) is 0 Å². The number of carbonyl (C=O) groups is 3. The molecule has 57 heavy (non-hydrogen) atoms. The first-order valence-corrected chi connectivity index (χ1v) is 18.3. The van der Waals surface area contributed by atoms with Gasteiger partial charge in [-0.1, -0.05) is 36.4 Å². The number of hydrogen-bond donors (Lipinski definition) is 3. The quantitative estimate of drug-likeness (QED) is 0.151. The van der Waals surface area contributed by atoms with Crippen molar-refractivity contribution in [3.05, 3.63) is 143 Å². The van der Waals surface area contributed by atoms with Gasteiger partial charge in [-0.05, 0) is 71.3 Å². The molecule has 15 nitrogen and oxygen atoms in total. The van der Waals surface area contributed by atoms with Crippen LogP contribution in [0.25, 0.3) is 34.2 Å². The minimum absolute atomic E-state index is 0.0345. The van der Waals surface area contributed by atoms with Crippen LogP contribution in [0.3, 0.4) is 0 Å². The maximum atomic E-state index is 11.4. The lowest BCUT2D eigenvalue weighted by Crippen LogP contribution is -2.35. The molecule has 6 aromatic heterocycles. The highest BCUT2D eigenvalue weighted by Gasteiger charge is 2.19. The van der Waals surface area contributed by atoms with Gasteiger partial charge in [0.1, 0.15) is 17.1 Å². The van der Waals surface area contributed by atoms with Gasteiger partial charge in [0.15, 0.2) is 0 Å². The van der Waals surface area contributed by atoms with E-state index in [0.717, 1.165) is 56.0 Å². The Morgan fingerprint density at radius 3 is 0.912 bits per heavy atom. The first-order chi connectivity index (χ1) is 27.7. The molecule has 0 radical (unpaired) electrons. The standard InChI is InChI=1S/C42H39N9O6/c52-40(53)37-7-1-4-34(46-37)31-13-10-28(22-43-31)25-49-16-18-50(26-29-11-14-32(44-23-29)35-5-2-8-38(47-35)41(54)55)20-21-51(19-17-49)27-30-12-15-33(45-24-30)36-6-3-9-39(48-36)42(56)57/h1-15,22-24H,16-21,25-27H2,(H,52,53)(H,54,55)(H,56,57). The molecule has 6 aromatic rings. The van der Waals surface area contributed by atoms with Crippen molar-refractivity contribution in [2.24, 2.45) is 0 Å². The Balaban J connectivity index is 1.06. The Hall–Kier alpha value is -6.81. The molecule has 0 bridgehead atoms. The van der Waals surface area contributed by atoms with Crippen molar-refractivity contribution < 1.29 is 29.7 Å². The Labute approximate surface area is 328 Å². The second kappa shape index (κ2) is 17.8. The van der Waals surface area contributed by atoms with Gasteiger partial charge < -0.3 is 15.3 Å². The van der Waals surface area contributed by atoms with Crippen molar-refractivity contribution >= 4 is 17.9 Å². The molecule has 1 fully saturated rings. The summed E-state index contributed by atoms with van der Waals surface area (Å²) in [6.07, 6.45) is 5.44. The second-order valence-corrected chi connectivity index (χ2v) is 13.6. The van der Waals surface area contributed by atoms with E-state index in [2.05, 4.69) is 44.6 Å². The average Bonchev–Trinajstić information content (AvgIpc) is 3.32. The Morgan fingerprint density at radius 1 is 0.404 bits per heavy atom. The van der Waals surface area contributed by atoms with E-state index in [-0.39, 0.29) is 17.1 Å². The summed E-state index contributed by atoms with van der Waals surface area (Å²) in [4.78, 5) is 68.0. The van der Waals surface area contributed by atoms with Crippen LogP contribution in [0.4, 0.5) is 0 Å². The summed E-state index contributed by atoms with van der Waals surface area (Å²) in [5.74, 6) is -3.27. The highest BCUT2D eigenvalue weighted by Crippen LogP contribution is 2.20. The van der Waals surface area contributed by atoms with Gasteiger partial charge in [0.2, 0.25) is 0 Å². The average molecular weight is 766 g/mol. The molecule has 7 heterocycles. The van der Waals surface area contributed by atoms with Crippen LogP contribution in [0.15, 0.2) is 110 Å². The van der Waals surface area contributed by atoms with Crippen LogP contribution in [-0.2, 0) is 19.6 Å². The summed E-state index contributed by atoms with van der Waals surface area (Å²) in [5, 5.41) is 28.1. The van der Waals surface area contributed by atoms with Gasteiger partial charge in [-0.3, -0.25) is 29.7 Å². The monoisotopic (exact) mass is 765 g/mol. The molecule has 7 rings (SSSR count). The number of carboxylic acids is 3. The SMILES string of the molecule is O=C(O)c1cccc(-c2ccc(CN3CCN(Cc4ccc(-c5cccc(C(=O)O)n5)nc4)CCN(Cc4ccc(-c5cccc(C(=O)O)n5)nc4)CC3)cn2)n1. The lowest BCUT2D eigenvalue weighted by atomic mass is 10.2. The molecule has 0 aromatic carbocycles. The summed E-state index contributed by atoms with van der Waals surface area (Å²) < 4.78 is 0. The lowest BCUT2D eigenvalue weighted by molar-refractivity contribution is 0.0680. The van der Waals surface area contributed by atoms with Gasteiger partial charge in [-0.25, -0.2) is 29.3 Å². The van der Waals surface area contributed by atoms with E-state index in [9.17, 15) is 29.7 Å². The topological polar surface area (TPSA) is 199 Å². The number of nitrogens with zero attached hydrogens (tertiary/aromatic N) is 9. The Bertz CT molecular complexity index is 2080. The first-order valence-electron chi connectivity index (χ1n) is 18.3. The second-order valence-electron chi connectivity index (χ2n) is 13.6. The highest BCUT2D eigenvalue weighted by molar-refractivity contribution is 5.87. The third kappa shape index (κ3) is 10.1. The third-order valence-corrected chi connectivity index (χ3v) is 9.58. The smallest absolute Gasteiger partial charge is 0.354 e. The van der Waals surface area contributed by atoms with E-state index in [4.69, 9.17) is 0 Å². The molecule has 1 aliphatic rings. The van der Waals surface area contributed by atoms with Crippen LogP contribution in [0.1, 0.15) is 48.2 Å². The number of aromatic nitrogens is 6. The molecule has 0 spiro atoms. The van der Waals surface area contributed by atoms with Crippen molar-refractivity contribution in [3.8, 4) is 34.2 Å². The van der Waals surface area contributed by atoms with Crippen LogP contribution >= 0.6 is 0 Å². The number of rotatable bonds is 12. The summed E-state index contributed by atoms with van der Waals surface area (Å²) >= 11 is 0. The lowest BCUT2D eigenvalue weighted by Gasteiger charge is -2.26. The summed E-state index contributed by atoms with van der Waals surface area (Å²) in [6, 6.07) is 26.2. The zero-order valence-electron chi connectivity index (χ0n) is 30.8. The molecule has 1 saturated heterocycles. The Morgan fingerprint density at radius 2 is 0.684 bits per heavy atom. The predicted molar refractivity (Wildman–Crippen MR) is 209 cm³/mol. The number of pyridine rings is 6.